The van der Waals surface area contributed by atoms with E-state index in [1.807, 2.05) is 24.5 Å². The molecule has 0 spiro atoms. The van der Waals surface area contributed by atoms with Crippen molar-refractivity contribution in [2.24, 2.45) is 0 Å². The molecule has 1 aliphatic carbocycles. The zero-order valence-corrected chi connectivity index (χ0v) is 13.0. The molecule has 3 aromatic heterocycles. The summed E-state index contributed by atoms with van der Waals surface area (Å²) in [4.78, 5) is 8.90. The Morgan fingerprint density at radius 1 is 1.00 bits per heavy atom. The van der Waals surface area contributed by atoms with Gasteiger partial charge in [0.25, 0.3) is 0 Å². The molecule has 4 aromatic rings. The second-order valence-electron chi connectivity index (χ2n) is 5.98. The van der Waals surface area contributed by atoms with Crippen molar-refractivity contribution in [2.75, 3.05) is 0 Å². The Kier molecular flexibility index (Phi) is 2.70. The highest BCUT2D eigenvalue weighted by Crippen LogP contribution is 2.56. The van der Waals surface area contributed by atoms with E-state index in [-0.39, 0.29) is 0 Å². The monoisotopic (exact) mass is 320 g/mol. The first-order valence-corrected chi connectivity index (χ1v) is 8.02. The molecule has 0 saturated heterocycles. The Balaban J connectivity index is 1.61. The third-order valence-corrected chi connectivity index (χ3v) is 4.81. The fraction of sp³-hybridized carbons (Fsp3) is 0.167. The quantitative estimate of drug-likeness (QED) is 0.556. The number of nitrogens with zero attached hydrogens (tertiary/aromatic N) is 4. The number of aromatic nitrogens is 4. The van der Waals surface area contributed by atoms with Crippen molar-refractivity contribution >= 4 is 28.2 Å². The van der Waals surface area contributed by atoms with E-state index in [1.165, 1.54) is 16.5 Å². The molecule has 1 aromatic carbocycles. The smallest absolute Gasteiger partial charge is 0.157 e. The lowest BCUT2D eigenvalue weighted by Gasteiger charge is -2.07. The first-order valence-electron chi connectivity index (χ1n) is 7.65. The van der Waals surface area contributed by atoms with Gasteiger partial charge in [-0.1, -0.05) is 29.8 Å². The van der Waals surface area contributed by atoms with Gasteiger partial charge in [0.2, 0.25) is 0 Å². The maximum absolute atomic E-state index is 6.17. The van der Waals surface area contributed by atoms with E-state index in [4.69, 9.17) is 11.6 Å². The van der Waals surface area contributed by atoms with Crippen LogP contribution in [0.3, 0.4) is 0 Å². The SMILES string of the molecule is Clc1cc([C@H]2C[C@@H]2c2cccc3ncccc23)c2nccn2n1. The molecule has 1 saturated carbocycles. The second-order valence-corrected chi connectivity index (χ2v) is 6.37. The van der Waals surface area contributed by atoms with Gasteiger partial charge in [-0.2, -0.15) is 5.10 Å². The Morgan fingerprint density at radius 2 is 1.91 bits per heavy atom. The minimum Gasteiger partial charge on any atom is -0.256 e. The molecule has 3 heterocycles. The van der Waals surface area contributed by atoms with Gasteiger partial charge in [-0.25, -0.2) is 9.50 Å². The summed E-state index contributed by atoms with van der Waals surface area (Å²) in [5.74, 6) is 0.924. The number of hydrogen-bond donors (Lipinski definition) is 0. The van der Waals surface area contributed by atoms with E-state index in [9.17, 15) is 0 Å². The van der Waals surface area contributed by atoms with Crippen molar-refractivity contribution in [3.05, 3.63) is 71.3 Å². The molecular formula is C18H13ClN4. The van der Waals surface area contributed by atoms with Crippen LogP contribution in [0.4, 0.5) is 0 Å². The summed E-state index contributed by atoms with van der Waals surface area (Å²) in [5, 5.41) is 6.01. The van der Waals surface area contributed by atoms with E-state index in [2.05, 4.69) is 39.3 Å². The van der Waals surface area contributed by atoms with Crippen LogP contribution in [0.5, 0.6) is 0 Å². The minimum atomic E-state index is 0.436. The highest BCUT2D eigenvalue weighted by Gasteiger charge is 2.42. The molecule has 0 aliphatic heterocycles. The fourth-order valence-corrected chi connectivity index (χ4v) is 3.71. The van der Waals surface area contributed by atoms with Crippen LogP contribution >= 0.6 is 11.6 Å². The van der Waals surface area contributed by atoms with Crippen molar-refractivity contribution in [2.45, 2.75) is 18.3 Å². The molecule has 5 rings (SSSR count). The lowest BCUT2D eigenvalue weighted by atomic mass is 10.0. The van der Waals surface area contributed by atoms with E-state index >= 15 is 0 Å². The molecule has 23 heavy (non-hydrogen) atoms. The molecule has 0 amide bonds. The van der Waals surface area contributed by atoms with Crippen LogP contribution in [-0.4, -0.2) is 19.6 Å². The molecule has 0 unspecified atom stereocenters. The molecule has 4 nitrogen and oxygen atoms in total. The van der Waals surface area contributed by atoms with Gasteiger partial charge >= 0.3 is 0 Å². The maximum Gasteiger partial charge on any atom is 0.157 e. The molecule has 0 radical (unpaired) electrons. The van der Waals surface area contributed by atoms with Gasteiger partial charge in [0.15, 0.2) is 5.65 Å². The van der Waals surface area contributed by atoms with Gasteiger partial charge in [-0.15, -0.1) is 0 Å². The van der Waals surface area contributed by atoms with Gasteiger partial charge in [0.05, 0.1) is 5.52 Å². The largest absolute Gasteiger partial charge is 0.256 e. The fourth-order valence-electron chi connectivity index (χ4n) is 3.51. The van der Waals surface area contributed by atoms with Crippen molar-refractivity contribution in [3.8, 4) is 0 Å². The van der Waals surface area contributed by atoms with E-state index < -0.39 is 0 Å². The average molecular weight is 321 g/mol. The van der Waals surface area contributed by atoms with E-state index in [1.54, 1.807) is 10.7 Å². The summed E-state index contributed by atoms with van der Waals surface area (Å²) >= 11 is 6.17. The first-order chi connectivity index (χ1) is 11.3. The summed E-state index contributed by atoms with van der Waals surface area (Å²) in [6, 6.07) is 12.5. The van der Waals surface area contributed by atoms with Gasteiger partial charge in [-0.3, -0.25) is 4.98 Å². The molecule has 5 heteroatoms. The number of fused-ring (bicyclic) bond motifs is 2. The number of halogens is 1. The van der Waals surface area contributed by atoms with Crippen LogP contribution in [0.25, 0.3) is 16.6 Å². The van der Waals surface area contributed by atoms with Crippen LogP contribution in [0, 0.1) is 0 Å². The number of rotatable bonds is 2. The molecule has 112 valence electrons. The Labute approximate surface area is 137 Å². The molecule has 2 atom stereocenters. The zero-order chi connectivity index (χ0) is 15.4. The third kappa shape index (κ3) is 2.02. The van der Waals surface area contributed by atoms with E-state index in [0.717, 1.165) is 17.6 Å². The molecular weight excluding hydrogens is 308 g/mol. The van der Waals surface area contributed by atoms with Gasteiger partial charge in [0, 0.05) is 29.5 Å². The maximum atomic E-state index is 6.17. The van der Waals surface area contributed by atoms with Crippen molar-refractivity contribution in [1.82, 2.24) is 19.6 Å². The standard InChI is InChI=1S/C18H13ClN4/c19-17-10-15(18-21-7-8-23(18)22-17)14-9-13(14)11-3-1-5-16-12(11)4-2-6-20-16/h1-8,10,13-14H,9H2/t13-,14+/m1/s1. The first kappa shape index (κ1) is 13.0. The van der Waals surface area contributed by atoms with Gasteiger partial charge < -0.3 is 0 Å². The summed E-state index contributed by atoms with van der Waals surface area (Å²) in [7, 11) is 0. The second kappa shape index (κ2) is 4.77. The van der Waals surface area contributed by atoms with Crippen molar-refractivity contribution in [3.63, 3.8) is 0 Å². The lowest BCUT2D eigenvalue weighted by molar-refractivity contribution is 0.906. The molecule has 0 bridgehead atoms. The normalized spacial score (nSPS) is 20.2. The third-order valence-electron chi connectivity index (χ3n) is 4.63. The van der Waals surface area contributed by atoms with Crippen LogP contribution in [-0.2, 0) is 0 Å². The molecule has 0 N–H and O–H groups in total. The van der Waals surface area contributed by atoms with E-state index in [0.29, 0.717) is 17.0 Å². The summed E-state index contributed by atoms with van der Waals surface area (Å²) in [6.45, 7) is 0. The van der Waals surface area contributed by atoms with Crippen molar-refractivity contribution in [1.29, 1.82) is 0 Å². The molecule has 1 aliphatic rings. The minimum absolute atomic E-state index is 0.436. The number of imidazole rings is 1. The summed E-state index contributed by atoms with van der Waals surface area (Å²) in [6.07, 6.45) is 6.55. The lowest BCUT2D eigenvalue weighted by Crippen LogP contribution is -1.97. The number of benzene rings is 1. The Bertz CT molecular complexity index is 1030. The predicted octanol–water partition coefficient (Wildman–Crippen LogP) is 4.20. The predicted molar refractivity (Wildman–Crippen MR) is 89.8 cm³/mol. The number of hydrogen-bond acceptors (Lipinski definition) is 3. The molecule has 1 fully saturated rings. The topological polar surface area (TPSA) is 43.1 Å². The Morgan fingerprint density at radius 3 is 2.87 bits per heavy atom. The van der Waals surface area contributed by atoms with Crippen LogP contribution in [0.15, 0.2) is 55.0 Å². The Hall–Kier alpha value is -2.46. The summed E-state index contributed by atoms with van der Waals surface area (Å²) in [5.41, 5.74) is 4.49. The highest BCUT2D eigenvalue weighted by atomic mass is 35.5. The van der Waals surface area contributed by atoms with Gasteiger partial charge in [-0.05, 0) is 42.0 Å². The van der Waals surface area contributed by atoms with Gasteiger partial charge in [0.1, 0.15) is 5.15 Å². The highest BCUT2D eigenvalue weighted by molar-refractivity contribution is 6.29. The van der Waals surface area contributed by atoms with Crippen molar-refractivity contribution < 1.29 is 0 Å². The van der Waals surface area contributed by atoms with Crippen LogP contribution in [0.2, 0.25) is 5.15 Å². The van der Waals surface area contributed by atoms with Crippen LogP contribution in [0.1, 0.15) is 29.4 Å². The average Bonchev–Trinajstić information content (AvgIpc) is 3.23. The van der Waals surface area contributed by atoms with Crippen LogP contribution < -0.4 is 0 Å². The number of pyridine rings is 1. The summed E-state index contributed by atoms with van der Waals surface area (Å²) < 4.78 is 1.76. The zero-order valence-electron chi connectivity index (χ0n) is 12.2.